The second-order valence-electron chi connectivity index (χ2n) is 12.0. The maximum atomic E-state index is 12.7. The van der Waals surface area contributed by atoms with Gasteiger partial charge in [0.15, 0.2) is 0 Å². The fourth-order valence-corrected chi connectivity index (χ4v) is 7.78. The van der Waals surface area contributed by atoms with Crippen molar-refractivity contribution in [3.05, 3.63) is 12.2 Å². The summed E-state index contributed by atoms with van der Waals surface area (Å²) in [4.78, 5) is 38.3. The molecular formula is C26H40N2O4. The summed E-state index contributed by atoms with van der Waals surface area (Å²) in [5.41, 5.74) is -0.743. The summed E-state index contributed by atoms with van der Waals surface area (Å²) in [6.45, 7) is 8.08. The van der Waals surface area contributed by atoms with Crippen LogP contribution in [0, 0.1) is 34.0 Å². The molecule has 1 heterocycles. The van der Waals surface area contributed by atoms with Crippen LogP contribution in [0.1, 0.15) is 79.1 Å². The van der Waals surface area contributed by atoms with E-state index in [0.717, 1.165) is 38.5 Å². The Kier molecular flexibility index (Phi) is 5.74. The molecule has 0 aromatic rings. The molecule has 2 N–H and O–H groups in total. The molecule has 6 heteroatoms. The van der Waals surface area contributed by atoms with E-state index >= 15 is 0 Å². The number of carbonyl (C=O) groups excluding carboxylic acids is 2. The molecule has 32 heavy (non-hydrogen) atoms. The molecule has 3 fully saturated rings. The molecule has 0 radical (unpaired) electrons. The molecule has 3 aliphatic carbocycles. The SMILES string of the molecule is CN1C(=O)C=C[C@]2(C)[C@H]3CC[C@]4(C)C(NC(=O)CCC(C)(C)C(=O)O)CC[C@H]4[C@@H]3CC[C@@H]12. The maximum Gasteiger partial charge on any atom is 0.309 e. The van der Waals surface area contributed by atoms with Crippen LogP contribution in [0.2, 0.25) is 0 Å². The molecule has 3 saturated carbocycles. The molecule has 0 aromatic heterocycles. The summed E-state index contributed by atoms with van der Waals surface area (Å²) in [7, 11) is 1.95. The van der Waals surface area contributed by atoms with Crippen LogP contribution in [0.15, 0.2) is 12.2 Å². The number of amides is 2. The molecule has 0 spiro atoms. The Bertz CT molecular complexity index is 836. The number of nitrogens with zero attached hydrogens (tertiary/aromatic N) is 1. The van der Waals surface area contributed by atoms with Crippen LogP contribution in [-0.4, -0.2) is 46.9 Å². The molecule has 4 aliphatic rings. The lowest BCUT2D eigenvalue weighted by Crippen LogP contribution is -2.60. The molecule has 0 saturated heterocycles. The highest BCUT2D eigenvalue weighted by Gasteiger charge is 2.60. The molecule has 6 nitrogen and oxygen atoms in total. The molecule has 0 bridgehead atoms. The first-order valence-corrected chi connectivity index (χ1v) is 12.4. The van der Waals surface area contributed by atoms with Crippen LogP contribution in [-0.2, 0) is 14.4 Å². The van der Waals surface area contributed by atoms with Crippen LogP contribution in [0.5, 0.6) is 0 Å². The smallest absolute Gasteiger partial charge is 0.309 e. The van der Waals surface area contributed by atoms with Crippen LogP contribution in [0.4, 0.5) is 0 Å². The number of hydrogen-bond donors (Lipinski definition) is 2. The maximum absolute atomic E-state index is 12.7. The zero-order chi connectivity index (χ0) is 23.5. The summed E-state index contributed by atoms with van der Waals surface area (Å²) in [6.07, 6.45) is 11.2. The zero-order valence-electron chi connectivity index (χ0n) is 20.3. The number of likely N-dealkylation sites (N-methyl/N-ethyl adjacent to an activating group) is 1. The number of rotatable bonds is 5. The van der Waals surface area contributed by atoms with E-state index in [9.17, 15) is 19.5 Å². The van der Waals surface area contributed by atoms with Crippen LogP contribution in [0.3, 0.4) is 0 Å². The van der Waals surface area contributed by atoms with Crippen molar-refractivity contribution >= 4 is 17.8 Å². The van der Waals surface area contributed by atoms with Gasteiger partial charge < -0.3 is 15.3 Å². The Labute approximate surface area is 192 Å². The first kappa shape index (κ1) is 23.3. The van der Waals surface area contributed by atoms with Crippen LogP contribution < -0.4 is 5.32 Å². The number of hydrogen-bond acceptors (Lipinski definition) is 3. The van der Waals surface area contributed by atoms with Crippen molar-refractivity contribution in [2.24, 2.45) is 34.0 Å². The summed E-state index contributed by atoms with van der Waals surface area (Å²) >= 11 is 0. The molecule has 7 atom stereocenters. The van der Waals surface area contributed by atoms with E-state index in [-0.39, 0.29) is 35.1 Å². The van der Waals surface area contributed by atoms with Gasteiger partial charge in [-0.1, -0.05) is 19.9 Å². The predicted octanol–water partition coefficient (Wildman–Crippen LogP) is 4.00. The highest BCUT2D eigenvalue weighted by molar-refractivity contribution is 5.89. The zero-order valence-corrected chi connectivity index (χ0v) is 20.3. The second-order valence-corrected chi connectivity index (χ2v) is 12.0. The molecular weight excluding hydrogens is 404 g/mol. The van der Waals surface area contributed by atoms with Crippen molar-refractivity contribution < 1.29 is 19.5 Å². The van der Waals surface area contributed by atoms with Gasteiger partial charge in [-0.05, 0) is 88.0 Å². The minimum Gasteiger partial charge on any atom is -0.481 e. The number of fused-ring (bicyclic) bond motifs is 5. The predicted molar refractivity (Wildman–Crippen MR) is 123 cm³/mol. The Morgan fingerprint density at radius 3 is 2.56 bits per heavy atom. The van der Waals surface area contributed by atoms with Crippen LogP contribution in [0.25, 0.3) is 0 Å². The fraction of sp³-hybridized carbons (Fsp3) is 0.808. The molecule has 0 aromatic carbocycles. The molecule has 1 unspecified atom stereocenters. The number of carboxylic acid groups (broad SMARTS) is 1. The van der Waals surface area contributed by atoms with Crippen molar-refractivity contribution in [1.29, 1.82) is 0 Å². The summed E-state index contributed by atoms with van der Waals surface area (Å²) in [5, 5.41) is 12.6. The number of carboxylic acids is 1. The topological polar surface area (TPSA) is 86.7 Å². The third-order valence-corrected chi connectivity index (χ3v) is 10.0. The lowest BCUT2D eigenvalue weighted by atomic mass is 9.48. The van der Waals surface area contributed by atoms with Crippen molar-refractivity contribution in [3.63, 3.8) is 0 Å². The summed E-state index contributed by atoms with van der Waals surface area (Å²) in [5.74, 6) is 1.06. The number of aliphatic carboxylic acids is 1. The van der Waals surface area contributed by atoms with Crippen molar-refractivity contribution in [3.8, 4) is 0 Å². The summed E-state index contributed by atoms with van der Waals surface area (Å²) < 4.78 is 0. The third kappa shape index (κ3) is 3.58. The Hall–Kier alpha value is -1.85. The Balaban J connectivity index is 1.45. The largest absolute Gasteiger partial charge is 0.481 e. The van der Waals surface area contributed by atoms with Crippen molar-refractivity contribution in [2.75, 3.05) is 7.05 Å². The fourth-order valence-electron chi connectivity index (χ4n) is 7.78. The van der Waals surface area contributed by atoms with Gasteiger partial charge in [0.05, 0.1) is 5.41 Å². The van der Waals surface area contributed by atoms with Gasteiger partial charge in [0.1, 0.15) is 0 Å². The van der Waals surface area contributed by atoms with Crippen LogP contribution >= 0.6 is 0 Å². The van der Waals surface area contributed by atoms with Crippen molar-refractivity contribution in [1.82, 2.24) is 10.2 Å². The van der Waals surface area contributed by atoms with Gasteiger partial charge in [0.2, 0.25) is 11.8 Å². The second kappa shape index (κ2) is 7.88. The first-order chi connectivity index (χ1) is 14.9. The standard InChI is InChI=1S/C26H40N2O4/c1-24(2,23(31)32)13-11-21(29)27-19-8-7-17-16-6-9-20-26(4,15-12-22(30)28(20)5)18(16)10-14-25(17,19)3/h12,15-20H,6-11,13-14H2,1-5H3,(H,27,29)(H,31,32)/t16-,17-,18-,19?,20+,25-,26+/m0/s1. The van der Waals surface area contributed by atoms with E-state index in [1.165, 1.54) is 0 Å². The highest BCUT2D eigenvalue weighted by Crippen LogP contribution is 2.63. The van der Waals surface area contributed by atoms with Gasteiger partial charge in [-0.3, -0.25) is 14.4 Å². The highest BCUT2D eigenvalue weighted by atomic mass is 16.4. The average molecular weight is 445 g/mol. The van der Waals surface area contributed by atoms with E-state index in [0.29, 0.717) is 30.2 Å². The van der Waals surface area contributed by atoms with E-state index in [2.05, 4.69) is 25.2 Å². The van der Waals surface area contributed by atoms with E-state index < -0.39 is 11.4 Å². The van der Waals surface area contributed by atoms with Gasteiger partial charge in [0.25, 0.3) is 0 Å². The monoisotopic (exact) mass is 444 g/mol. The third-order valence-electron chi connectivity index (χ3n) is 10.0. The van der Waals surface area contributed by atoms with E-state index in [4.69, 9.17) is 0 Å². The molecule has 178 valence electrons. The van der Waals surface area contributed by atoms with E-state index in [1.807, 2.05) is 11.9 Å². The minimum atomic E-state index is -0.881. The minimum absolute atomic E-state index is 0.0145. The van der Waals surface area contributed by atoms with Gasteiger partial charge in [-0.15, -0.1) is 0 Å². The van der Waals surface area contributed by atoms with Gasteiger partial charge in [-0.25, -0.2) is 0 Å². The number of nitrogens with one attached hydrogen (secondary N) is 1. The van der Waals surface area contributed by atoms with Gasteiger partial charge in [-0.2, -0.15) is 0 Å². The lowest BCUT2D eigenvalue weighted by Gasteiger charge is -2.60. The normalized spacial score (nSPS) is 41.0. The average Bonchev–Trinajstić information content (AvgIpc) is 3.06. The summed E-state index contributed by atoms with van der Waals surface area (Å²) in [6, 6.07) is 0.464. The number of carbonyl (C=O) groups is 3. The molecule has 2 amide bonds. The molecule has 1 aliphatic heterocycles. The molecule has 4 rings (SSSR count). The quantitative estimate of drug-likeness (QED) is 0.671. The van der Waals surface area contributed by atoms with Gasteiger partial charge >= 0.3 is 5.97 Å². The van der Waals surface area contributed by atoms with E-state index in [1.54, 1.807) is 19.9 Å². The Morgan fingerprint density at radius 2 is 1.88 bits per heavy atom. The lowest BCUT2D eigenvalue weighted by molar-refractivity contribution is -0.147. The first-order valence-electron chi connectivity index (χ1n) is 12.4. The van der Waals surface area contributed by atoms with Gasteiger partial charge in [0, 0.05) is 31.0 Å². The Morgan fingerprint density at radius 1 is 1.16 bits per heavy atom. The van der Waals surface area contributed by atoms with Crippen molar-refractivity contribution in [2.45, 2.75) is 91.1 Å².